The van der Waals surface area contributed by atoms with Gasteiger partial charge in [0.05, 0.1) is 15.5 Å². The Balaban J connectivity index is 2.87. The van der Waals surface area contributed by atoms with Gasteiger partial charge in [-0.05, 0) is 38.0 Å². The van der Waals surface area contributed by atoms with Crippen LogP contribution >= 0.6 is 23.2 Å². The van der Waals surface area contributed by atoms with Crippen molar-refractivity contribution in [1.82, 2.24) is 0 Å². The van der Waals surface area contributed by atoms with E-state index in [-0.39, 0.29) is 6.04 Å². The van der Waals surface area contributed by atoms with Crippen LogP contribution in [0.5, 0.6) is 0 Å². The quantitative estimate of drug-likeness (QED) is 0.884. The fourth-order valence-corrected chi connectivity index (χ4v) is 1.80. The average molecular weight is 276 g/mol. The highest BCUT2D eigenvalue weighted by molar-refractivity contribution is 6.42. The van der Waals surface area contributed by atoms with Gasteiger partial charge in [0, 0.05) is 6.04 Å². The van der Waals surface area contributed by atoms with Crippen molar-refractivity contribution in [3.63, 3.8) is 0 Å². The zero-order valence-electron chi connectivity index (χ0n) is 9.71. The molecule has 1 aromatic carbocycles. The van der Waals surface area contributed by atoms with Crippen molar-refractivity contribution >= 4 is 29.2 Å². The zero-order chi connectivity index (χ0) is 13.2. The smallest absolute Gasteiger partial charge is 0.309 e. The number of nitrogens with two attached hydrogens (primary N) is 1. The van der Waals surface area contributed by atoms with E-state index in [4.69, 9.17) is 34.0 Å². The third-order valence-corrected chi connectivity index (χ3v) is 3.42. The molecule has 0 saturated heterocycles. The first-order valence-electron chi connectivity index (χ1n) is 5.18. The van der Waals surface area contributed by atoms with Gasteiger partial charge in [0.1, 0.15) is 0 Å². The van der Waals surface area contributed by atoms with E-state index in [9.17, 15) is 4.79 Å². The third kappa shape index (κ3) is 3.60. The van der Waals surface area contributed by atoms with Crippen LogP contribution in [0.2, 0.25) is 10.0 Å². The molecule has 0 spiro atoms. The predicted octanol–water partition coefficient (Wildman–Crippen LogP) is 3.49. The minimum atomic E-state index is -0.870. The van der Waals surface area contributed by atoms with Crippen LogP contribution in [0.3, 0.4) is 0 Å². The van der Waals surface area contributed by atoms with Crippen LogP contribution in [0, 0.1) is 5.41 Å². The molecule has 94 valence electrons. The van der Waals surface area contributed by atoms with Crippen molar-refractivity contribution in [2.24, 2.45) is 11.1 Å². The van der Waals surface area contributed by atoms with E-state index in [2.05, 4.69) is 0 Å². The van der Waals surface area contributed by atoms with Crippen LogP contribution < -0.4 is 5.73 Å². The van der Waals surface area contributed by atoms with E-state index >= 15 is 0 Å². The molecular formula is C12H15Cl2NO2. The van der Waals surface area contributed by atoms with Gasteiger partial charge in [-0.15, -0.1) is 0 Å². The summed E-state index contributed by atoms with van der Waals surface area (Å²) in [5.41, 5.74) is 5.89. The number of hydrogen-bond donors (Lipinski definition) is 2. The summed E-state index contributed by atoms with van der Waals surface area (Å²) in [6.45, 7) is 3.29. The summed E-state index contributed by atoms with van der Waals surface area (Å²) in [6, 6.07) is 4.71. The highest BCUT2D eigenvalue weighted by Gasteiger charge is 2.30. The number of halogens is 2. The predicted molar refractivity (Wildman–Crippen MR) is 69.4 cm³/mol. The highest BCUT2D eigenvalue weighted by atomic mass is 35.5. The molecule has 1 aromatic rings. The molecular weight excluding hydrogens is 261 g/mol. The van der Waals surface area contributed by atoms with Gasteiger partial charge < -0.3 is 10.8 Å². The number of carbonyl (C=O) groups is 1. The first kappa shape index (κ1) is 14.3. The minimum absolute atomic E-state index is 0.334. The second-order valence-corrected chi connectivity index (χ2v) is 5.49. The van der Waals surface area contributed by atoms with Gasteiger partial charge in [-0.2, -0.15) is 0 Å². The second kappa shape index (κ2) is 5.25. The van der Waals surface area contributed by atoms with Crippen LogP contribution in [0.1, 0.15) is 31.9 Å². The molecule has 3 nitrogen and oxygen atoms in total. The van der Waals surface area contributed by atoms with Crippen molar-refractivity contribution < 1.29 is 9.90 Å². The summed E-state index contributed by atoms with van der Waals surface area (Å²) in [4.78, 5) is 11.0. The number of aliphatic carboxylic acids is 1. The molecule has 1 rings (SSSR count). The van der Waals surface area contributed by atoms with Crippen molar-refractivity contribution in [2.45, 2.75) is 26.3 Å². The minimum Gasteiger partial charge on any atom is -0.481 e. The Morgan fingerprint density at radius 2 is 2.00 bits per heavy atom. The standard InChI is InChI=1S/C12H15Cl2NO2/c1-12(2,11(16)17)6-10(15)7-3-4-8(13)9(14)5-7/h3-5,10H,6,15H2,1-2H3,(H,16,17). The van der Waals surface area contributed by atoms with Crippen LogP contribution in [-0.4, -0.2) is 11.1 Å². The summed E-state index contributed by atoms with van der Waals surface area (Å²) in [6.07, 6.45) is 0.334. The molecule has 0 radical (unpaired) electrons. The Labute approximate surface area is 111 Å². The van der Waals surface area contributed by atoms with Crippen LogP contribution in [0.15, 0.2) is 18.2 Å². The number of rotatable bonds is 4. The Kier molecular flexibility index (Phi) is 4.42. The lowest BCUT2D eigenvalue weighted by molar-refractivity contribution is -0.147. The Hall–Kier alpha value is -0.770. The summed E-state index contributed by atoms with van der Waals surface area (Å²) < 4.78 is 0. The fraction of sp³-hybridized carbons (Fsp3) is 0.417. The van der Waals surface area contributed by atoms with Gasteiger partial charge in [0.2, 0.25) is 0 Å². The summed E-state index contributed by atoms with van der Waals surface area (Å²) in [7, 11) is 0. The molecule has 1 unspecified atom stereocenters. The molecule has 0 amide bonds. The molecule has 0 saturated carbocycles. The van der Waals surface area contributed by atoms with Gasteiger partial charge in [-0.25, -0.2) is 0 Å². The summed E-state index contributed by atoms with van der Waals surface area (Å²) in [5.74, 6) is -0.868. The lowest BCUT2D eigenvalue weighted by Crippen LogP contribution is -2.28. The van der Waals surface area contributed by atoms with Crippen molar-refractivity contribution in [3.05, 3.63) is 33.8 Å². The van der Waals surface area contributed by atoms with E-state index in [0.29, 0.717) is 16.5 Å². The molecule has 0 aliphatic carbocycles. The van der Waals surface area contributed by atoms with Crippen LogP contribution in [0.4, 0.5) is 0 Å². The molecule has 0 aliphatic rings. The molecule has 0 aliphatic heterocycles. The van der Waals surface area contributed by atoms with Crippen molar-refractivity contribution in [1.29, 1.82) is 0 Å². The third-order valence-electron chi connectivity index (χ3n) is 2.68. The fourth-order valence-electron chi connectivity index (χ4n) is 1.50. The van der Waals surface area contributed by atoms with E-state index < -0.39 is 11.4 Å². The van der Waals surface area contributed by atoms with Gasteiger partial charge >= 0.3 is 5.97 Å². The van der Waals surface area contributed by atoms with E-state index in [1.54, 1.807) is 32.0 Å². The molecule has 17 heavy (non-hydrogen) atoms. The molecule has 0 bridgehead atoms. The van der Waals surface area contributed by atoms with Crippen LogP contribution in [0.25, 0.3) is 0 Å². The maximum atomic E-state index is 11.0. The van der Waals surface area contributed by atoms with Gasteiger partial charge in [0.25, 0.3) is 0 Å². The van der Waals surface area contributed by atoms with E-state index in [1.807, 2.05) is 0 Å². The molecule has 0 aromatic heterocycles. The first-order chi connectivity index (χ1) is 7.74. The Bertz CT molecular complexity index is 433. The van der Waals surface area contributed by atoms with Crippen molar-refractivity contribution in [3.8, 4) is 0 Å². The monoisotopic (exact) mass is 275 g/mol. The summed E-state index contributed by atoms with van der Waals surface area (Å²) in [5, 5.41) is 9.92. The Morgan fingerprint density at radius 1 is 1.41 bits per heavy atom. The van der Waals surface area contributed by atoms with Gasteiger partial charge in [0.15, 0.2) is 0 Å². The van der Waals surface area contributed by atoms with E-state index in [0.717, 1.165) is 5.56 Å². The normalized spacial score (nSPS) is 13.5. The lowest BCUT2D eigenvalue weighted by Gasteiger charge is -2.23. The highest BCUT2D eigenvalue weighted by Crippen LogP contribution is 2.31. The van der Waals surface area contributed by atoms with E-state index in [1.165, 1.54) is 0 Å². The van der Waals surface area contributed by atoms with Gasteiger partial charge in [-0.1, -0.05) is 29.3 Å². The lowest BCUT2D eigenvalue weighted by atomic mass is 9.84. The number of carboxylic acids is 1. The molecule has 3 N–H and O–H groups in total. The number of hydrogen-bond acceptors (Lipinski definition) is 2. The SMILES string of the molecule is CC(C)(CC(N)c1ccc(Cl)c(Cl)c1)C(=O)O. The molecule has 0 heterocycles. The molecule has 0 fully saturated rings. The van der Waals surface area contributed by atoms with Crippen LogP contribution in [-0.2, 0) is 4.79 Å². The number of carboxylic acid groups (broad SMARTS) is 1. The topological polar surface area (TPSA) is 63.3 Å². The summed E-state index contributed by atoms with van der Waals surface area (Å²) >= 11 is 11.7. The largest absolute Gasteiger partial charge is 0.481 e. The zero-order valence-corrected chi connectivity index (χ0v) is 11.2. The number of benzene rings is 1. The second-order valence-electron chi connectivity index (χ2n) is 4.67. The first-order valence-corrected chi connectivity index (χ1v) is 5.93. The molecule has 5 heteroatoms. The Morgan fingerprint density at radius 3 is 2.47 bits per heavy atom. The maximum absolute atomic E-state index is 11.0. The molecule has 1 atom stereocenters. The maximum Gasteiger partial charge on any atom is 0.309 e. The van der Waals surface area contributed by atoms with Crippen molar-refractivity contribution in [2.75, 3.05) is 0 Å². The van der Waals surface area contributed by atoms with Gasteiger partial charge in [-0.3, -0.25) is 4.79 Å². The average Bonchev–Trinajstić information content (AvgIpc) is 2.21.